The second kappa shape index (κ2) is 9.85. The Hall–Kier alpha value is -4.38. The molecule has 0 unspecified atom stereocenters. The molecule has 2 aromatic heterocycles. The highest BCUT2D eigenvalue weighted by Gasteiger charge is 2.25. The van der Waals surface area contributed by atoms with E-state index in [1.54, 1.807) is 49.4 Å². The summed E-state index contributed by atoms with van der Waals surface area (Å²) in [5.41, 5.74) is 1.24. The van der Waals surface area contributed by atoms with Gasteiger partial charge in [-0.05, 0) is 42.8 Å². The second-order valence-electron chi connectivity index (χ2n) is 7.32. The number of ether oxygens (including phenoxy) is 3. The van der Waals surface area contributed by atoms with Crippen molar-refractivity contribution >= 4 is 15.8 Å². The number of aromatic hydroxyl groups is 1. The van der Waals surface area contributed by atoms with Crippen LogP contribution in [0.3, 0.4) is 0 Å². The quantitative estimate of drug-likeness (QED) is 0.370. The topological polar surface area (TPSA) is 133 Å². The first-order valence-electron chi connectivity index (χ1n) is 10.3. The summed E-state index contributed by atoms with van der Waals surface area (Å²) in [7, 11) is -1.32. The van der Waals surface area contributed by atoms with E-state index in [2.05, 4.69) is 19.7 Å². The Morgan fingerprint density at radius 3 is 2.34 bits per heavy atom. The van der Waals surface area contributed by atoms with Crippen LogP contribution in [0.1, 0.15) is 5.56 Å². The minimum Gasteiger partial charge on any atom is -0.508 e. The summed E-state index contributed by atoms with van der Waals surface area (Å²) < 4.78 is 45.5. The maximum absolute atomic E-state index is 13.1. The Kier molecular flexibility index (Phi) is 6.69. The molecule has 11 heteroatoms. The molecule has 2 aromatic carbocycles. The number of methoxy groups -OCH3 is 2. The largest absolute Gasteiger partial charge is 0.508 e. The van der Waals surface area contributed by atoms with Crippen LogP contribution in [0.25, 0.3) is 11.4 Å². The Morgan fingerprint density at radius 2 is 1.69 bits per heavy atom. The molecule has 0 aliphatic rings. The molecule has 0 spiro atoms. The number of aromatic nitrogens is 3. The van der Waals surface area contributed by atoms with Gasteiger partial charge in [-0.1, -0.05) is 30.3 Å². The number of hydrogen-bond acceptors (Lipinski definition) is 9. The molecule has 35 heavy (non-hydrogen) atoms. The summed E-state index contributed by atoms with van der Waals surface area (Å²) in [5.74, 6) is 0.459. The van der Waals surface area contributed by atoms with E-state index in [4.69, 9.17) is 14.2 Å². The predicted molar refractivity (Wildman–Crippen MR) is 129 cm³/mol. The normalized spacial score (nSPS) is 11.1. The lowest BCUT2D eigenvalue weighted by atomic mass is 10.2. The minimum atomic E-state index is -4.16. The van der Waals surface area contributed by atoms with Crippen molar-refractivity contribution in [1.82, 2.24) is 15.0 Å². The van der Waals surface area contributed by atoms with Gasteiger partial charge in [0, 0.05) is 11.8 Å². The molecular formula is C24H22N4O6S. The van der Waals surface area contributed by atoms with Crippen LogP contribution in [0.4, 0.5) is 5.82 Å². The number of aryl methyl sites for hydroxylation is 1. The van der Waals surface area contributed by atoms with E-state index < -0.39 is 10.0 Å². The number of rotatable bonds is 8. The molecule has 0 saturated heterocycles. The molecule has 0 atom stereocenters. The molecular weight excluding hydrogens is 472 g/mol. The molecule has 2 heterocycles. The first-order valence-corrected chi connectivity index (χ1v) is 11.8. The number of nitrogens with one attached hydrogen (secondary N) is 1. The SMILES string of the molecule is COc1ccccc1Oc1c(NS(=O)(=O)c2ccc(C)cn2)nc(-c2cccc(O)c2)nc1OC. The summed E-state index contributed by atoms with van der Waals surface area (Å²) in [4.78, 5) is 12.8. The van der Waals surface area contributed by atoms with Crippen molar-refractivity contribution in [2.45, 2.75) is 11.9 Å². The molecule has 0 amide bonds. The van der Waals surface area contributed by atoms with Gasteiger partial charge in [-0.3, -0.25) is 4.72 Å². The zero-order valence-electron chi connectivity index (χ0n) is 19.1. The average Bonchev–Trinajstić information content (AvgIpc) is 2.85. The first-order chi connectivity index (χ1) is 16.8. The monoisotopic (exact) mass is 494 g/mol. The number of phenols is 1. The van der Waals surface area contributed by atoms with E-state index in [0.717, 1.165) is 5.56 Å². The van der Waals surface area contributed by atoms with E-state index in [1.165, 1.54) is 38.6 Å². The number of anilines is 1. The number of nitrogens with zero attached hydrogens (tertiary/aromatic N) is 3. The fraction of sp³-hybridized carbons (Fsp3) is 0.125. The first kappa shape index (κ1) is 23.8. The maximum Gasteiger partial charge on any atom is 0.280 e. The number of para-hydroxylation sites is 2. The van der Waals surface area contributed by atoms with Crippen molar-refractivity contribution in [3.8, 4) is 40.3 Å². The highest BCUT2D eigenvalue weighted by atomic mass is 32.2. The third-order valence-electron chi connectivity index (χ3n) is 4.80. The summed E-state index contributed by atoms with van der Waals surface area (Å²) in [6, 6.07) is 16.0. The van der Waals surface area contributed by atoms with E-state index in [1.807, 2.05) is 0 Å². The number of hydrogen-bond donors (Lipinski definition) is 2. The molecule has 2 N–H and O–H groups in total. The molecule has 0 bridgehead atoms. The molecule has 0 saturated carbocycles. The lowest BCUT2D eigenvalue weighted by Crippen LogP contribution is -2.17. The van der Waals surface area contributed by atoms with Gasteiger partial charge in [-0.15, -0.1) is 0 Å². The molecule has 4 rings (SSSR count). The Bertz CT molecular complexity index is 1460. The van der Waals surface area contributed by atoms with Gasteiger partial charge < -0.3 is 19.3 Å². The third-order valence-corrected chi connectivity index (χ3v) is 6.06. The molecule has 0 aliphatic heterocycles. The van der Waals surface area contributed by atoms with Crippen LogP contribution in [0.2, 0.25) is 0 Å². The van der Waals surface area contributed by atoms with Gasteiger partial charge >= 0.3 is 0 Å². The fourth-order valence-electron chi connectivity index (χ4n) is 3.11. The molecule has 0 aliphatic carbocycles. The fourth-order valence-corrected chi connectivity index (χ4v) is 4.05. The van der Waals surface area contributed by atoms with E-state index in [9.17, 15) is 13.5 Å². The summed E-state index contributed by atoms with van der Waals surface area (Å²) in [5, 5.41) is 9.68. The number of pyridine rings is 1. The average molecular weight is 495 g/mol. The van der Waals surface area contributed by atoms with Gasteiger partial charge in [0.2, 0.25) is 5.75 Å². The number of benzene rings is 2. The minimum absolute atomic E-state index is 0.00889. The van der Waals surface area contributed by atoms with Crippen LogP contribution in [-0.2, 0) is 10.0 Å². The Labute approximate surface area is 202 Å². The molecule has 180 valence electrons. The molecule has 10 nitrogen and oxygen atoms in total. The Morgan fingerprint density at radius 1 is 0.914 bits per heavy atom. The Balaban J connectivity index is 1.87. The van der Waals surface area contributed by atoms with Gasteiger partial charge in [-0.25, -0.2) is 9.97 Å². The van der Waals surface area contributed by atoms with Crippen molar-refractivity contribution in [2.75, 3.05) is 18.9 Å². The van der Waals surface area contributed by atoms with Gasteiger partial charge in [0.1, 0.15) is 5.75 Å². The zero-order chi connectivity index (χ0) is 25.0. The summed E-state index contributed by atoms with van der Waals surface area (Å²) in [6.45, 7) is 1.80. The lowest BCUT2D eigenvalue weighted by molar-refractivity contribution is 0.348. The van der Waals surface area contributed by atoms with E-state index >= 15 is 0 Å². The van der Waals surface area contributed by atoms with Crippen molar-refractivity contribution in [3.05, 3.63) is 72.4 Å². The highest BCUT2D eigenvalue weighted by molar-refractivity contribution is 7.92. The van der Waals surface area contributed by atoms with Gasteiger partial charge in [0.05, 0.1) is 14.2 Å². The molecule has 0 radical (unpaired) electrons. The molecule has 4 aromatic rings. The van der Waals surface area contributed by atoms with Crippen molar-refractivity contribution < 1.29 is 27.7 Å². The van der Waals surface area contributed by atoms with Gasteiger partial charge in [0.25, 0.3) is 15.9 Å². The van der Waals surface area contributed by atoms with Crippen molar-refractivity contribution in [3.63, 3.8) is 0 Å². The van der Waals surface area contributed by atoms with Crippen LogP contribution in [-0.4, -0.2) is 42.7 Å². The summed E-state index contributed by atoms with van der Waals surface area (Å²) >= 11 is 0. The standard InChI is InChI=1S/C24H22N4O6S/c1-15-11-12-20(25-14-15)35(30,31)28-23-21(34-19-10-5-4-9-18(19)32-2)24(33-3)27-22(26-23)16-7-6-8-17(29)13-16/h4-14,29H,1-3H3,(H,26,27,28). The summed E-state index contributed by atoms with van der Waals surface area (Å²) in [6.07, 6.45) is 1.44. The van der Waals surface area contributed by atoms with E-state index in [0.29, 0.717) is 11.3 Å². The number of phenolic OH excluding ortho intramolecular Hbond substituents is 1. The molecule has 0 fully saturated rings. The third kappa shape index (κ3) is 5.25. The number of sulfonamides is 1. The predicted octanol–water partition coefficient (Wildman–Crippen LogP) is 4.16. The van der Waals surface area contributed by atoms with Crippen LogP contribution >= 0.6 is 0 Å². The van der Waals surface area contributed by atoms with Crippen molar-refractivity contribution in [1.29, 1.82) is 0 Å². The lowest BCUT2D eigenvalue weighted by Gasteiger charge is -2.17. The van der Waals surface area contributed by atoms with Gasteiger partial charge in [0.15, 0.2) is 28.2 Å². The van der Waals surface area contributed by atoms with E-state index in [-0.39, 0.29) is 39.8 Å². The van der Waals surface area contributed by atoms with Crippen LogP contribution in [0.15, 0.2) is 71.9 Å². The smallest absolute Gasteiger partial charge is 0.280 e. The zero-order valence-corrected chi connectivity index (χ0v) is 19.9. The second-order valence-corrected chi connectivity index (χ2v) is 8.95. The van der Waals surface area contributed by atoms with Crippen LogP contribution in [0, 0.1) is 6.92 Å². The van der Waals surface area contributed by atoms with Crippen LogP contribution < -0.4 is 18.9 Å². The van der Waals surface area contributed by atoms with Gasteiger partial charge in [-0.2, -0.15) is 13.4 Å². The van der Waals surface area contributed by atoms with Crippen LogP contribution in [0.5, 0.6) is 28.9 Å². The maximum atomic E-state index is 13.1. The highest BCUT2D eigenvalue weighted by Crippen LogP contribution is 2.41. The van der Waals surface area contributed by atoms with Crippen molar-refractivity contribution in [2.24, 2.45) is 0 Å².